The number of benzene rings is 2. The molecule has 0 spiro atoms. The summed E-state index contributed by atoms with van der Waals surface area (Å²) in [5, 5.41) is 1.58. The van der Waals surface area contributed by atoms with Crippen LogP contribution in [0, 0.1) is 3.57 Å². The highest BCUT2D eigenvalue weighted by atomic mass is 127. The molecule has 14 heavy (non-hydrogen) atoms. The minimum atomic E-state index is -0.405. The van der Waals surface area contributed by atoms with Crippen LogP contribution in [0.1, 0.15) is 10.4 Å². The van der Waals surface area contributed by atoms with E-state index in [9.17, 15) is 4.79 Å². The van der Waals surface area contributed by atoms with Gasteiger partial charge in [-0.15, -0.1) is 0 Å². The van der Waals surface area contributed by atoms with E-state index in [4.69, 9.17) is 11.6 Å². The SMILES string of the molecule is O=C(Cl)c1ccc(I)c2ccccc12. The molecule has 3 heteroatoms. The van der Waals surface area contributed by atoms with Crippen molar-refractivity contribution in [1.29, 1.82) is 0 Å². The second kappa shape index (κ2) is 3.87. The van der Waals surface area contributed by atoms with Crippen molar-refractivity contribution < 1.29 is 4.79 Å². The van der Waals surface area contributed by atoms with Gasteiger partial charge in [0.05, 0.1) is 0 Å². The van der Waals surface area contributed by atoms with E-state index in [0.29, 0.717) is 5.56 Å². The lowest BCUT2D eigenvalue weighted by atomic mass is 10.1. The Morgan fingerprint density at radius 2 is 1.71 bits per heavy atom. The van der Waals surface area contributed by atoms with Gasteiger partial charge in [-0.2, -0.15) is 0 Å². The summed E-state index contributed by atoms with van der Waals surface area (Å²) < 4.78 is 1.12. The molecular formula is C11H6ClIO. The van der Waals surface area contributed by atoms with Gasteiger partial charge in [0.25, 0.3) is 5.24 Å². The summed E-state index contributed by atoms with van der Waals surface area (Å²) in [7, 11) is 0. The topological polar surface area (TPSA) is 17.1 Å². The molecule has 0 aromatic heterocycles. The van der Waals surface area contributed by atoms with Crippen LogP contribution in [0.5, 0.6) is 0 Å². The number of carbonyl (C=O) groups is 1. The molecule has 0 amide bonds. The van der Waals surface area contributed by atoms with Crippen LogP contribution in [-0.2, 0) is 0 Å². The van der Waals surface area contributed by atoms with Gasteiger partial charge in [-0.05, 0) is 57.1 Å². The van der Waals surface area contributed by atoms with Gasteiger partial charge < -0.3 is 0 Å². The average molecular weight is 317 g/mol. The third kappa shape index (κ3) is 1.64. The zero-order chi connectivity index (χ0) is 10.1. The predicted octanol–water partition coefficient (Wildman–Crippen LogP) is 3.82. The first-order valence-electron chi connectivity index (χ1n) is 4.07. The van der Waals surface area contributed by atoms with Crippen molar-refractivity contribution in [3.05, 3.63) is 45.5 Å². The fourth-order valence-corrected chi connectivity index (χ4v) is 2.25. The molecular weight excluding hydrogens is 310 g/mol. The fourth-order valence-electron chi connectivity index (χ4n) is 1.43. The van der Waals surface area contributed by atoms with Gasteiger partial charge in [0.2, 0.25) is 0 Å². The van der Waals surface area contributed by atoms with Crippen molar-refractivity contribution in [3.63, 3.8) is 0 Å². The summed E-state index contributed by atoms with van der Waals surface area (Å²) in [5.41, 5.74) is 0.572. The Bertz CT molecular complexity index is 508. The maximum absolute atomic E-state index is 11.1. The van der Waals surface area contributed by atoms with E-state index >= 15 is 0 Å². The molecule has 0 aliphatic rings. The maximum atomic E-state index is 11.1. The van der Waals surface area contributed by atoms with E-state index in [0.717, 1.165) is 14.3 Å². The van der Waals surface area contributed by atoms with Crippen LogP contribution in [-0.4, -0.2) is 5.24 Å². The molecule has 0 aliphatic heterocycles. The van der Waals surface area contributed by atoms with Crippen molar-refractivity contribution in [2.45, 2.75) is 0 Å². The Hall–Kier alpha value is -0.610. The third-order valence-corrected chi connectivity index (χ3v) is 3.23. The van der Waals surface area contributed by atoms with Crippen LogP contribution in [0.15, 0.2) is 36.4 Å². The van der Waals surface area contributed by atoms with Crippen LogP contribution in [0.2, 0.25) is 0 Å². The van der Waals surface area contributed by atoms with Crippen LogP contribution in [0.25, 0.3) is 10.8 Å². The second-order valence-corrected chi connectivity index (χ2v) is 4.42. The van der Waals surface area contributed by atoms with E-state index < -0.39 is 5.24 Å². The Labute approximate surface area is 100 Å². The first-order chi connectivity index (χ1) is 6.70. The van der Waals surface area contributed by atoms with Gasteiger partial charge >= 0.3 is 0 Å². The smallest absolute Gasteiger partial charge is 0.253 e. The molecule has 70 valence electrons. The average Bonchev–Trinajstić information content (AvgIpc) is 2.18. The molecule has 0 atom stereocenters. The standard InChI is InChI=1S/C11H6ClIO/c12-11(14)9-5-6-10(13)8-4-2-1-3-7(8)9/h1-6H. The molecule has 0 bridgehead atoms. The molecule has 0 saturated carbocycles. The highest BCUT2D eigenvalue weighted by Crippen LogP contribution is 2.24. The van der Waals surface area contributed by atoms with Crippen LogP contribution >= 0.6 is 34.2 Å². The molecule has 0 fully saturated rings. The molecule has 2 rings (SSSR count). The van der Waals surface area contributed by atoms with E-state index in [-0.39, 0.29) is 0 Å². The largest absolute Gasteiger partial charge is 0.276 e. The third-order valence-electron chi connectivity index (χ3n) is 2.08. The number of rotatable bonds is 1. The Morgan fingerprint density at radius 1 is 1.07 bits per heavy atom. The molecule has 0 heterocycles. The Morgan fingerprint density at radius 3 is 2.36 bits per heavy atom. The Balaban J connectivity index is 2.88. The second-order valence-electron chi connectivity index (χ2n) is 2.91. The van der Waals surface area contributed by atoms with Gasteiger partial charge in [0, 0.05) is 9.13 Å². The molecule has 0 saturated heterocycles. The van der Waals surface area contributed by atoms with E-state index in [1.54, 1.807) is 6.07 Å². The zero-order valence-electron chi connectivity index (χ0n) is 7.13. The maximum Gasteiger partial charge on any atom is 0.253 e. The van der Waals surface area contributed by atoms with E-state index in [1.165, 1.54) is 0 Å². The molecule has 0 N–H and O–H groups in total. The van der Waals surface area contributed by atoms with Crippen LogP contribution < -0.4 is 0 Å². The first kappa shape index (κ1) is 9.93. The number of carbonyl (C=O) groups excluding carboxylic acids is 1. The highest BCUT2D eigenvalue weighted by Gasteiger charge is 2.08. The number of hydrogen-bond acceptors (Lipinski definition) is 1. The summed E-state index contributed by atoms with van der Waals surface area (Å²) in [6.07, 6.45) is 0. The molecule has 2 aromatic rings. The van der Waals surface area contributed by atoms with Gasteiger partial charge in [0.1, 0.15) is 0 Å². The predicted molar refractivity (Wildman–Crippen MR) is 66.8 cm³/mol. The number of halogens is 2. The molecule has 0 aliphatic carbocycles. The lowest BCUT2D eigenvalue weighted by molar-refractivity contribution is 0.108. The highest BCUT2D eigenvalue weighted by molar-refractivity contribution is 14.1. The quantitative estimate of drug-likeness (QED) is 0.577. The van der Waals surface area contributed by atoms with Gasteiger partial charge in [-0.25, -0.2) is 0 Å². The lowest BCUT2D eigenvalue weighted by Crippen LogP contribution is -1.91. The van der Waals surface area contributed by atoms with Crippen molar-refractivity contribution in [2.75, 3.05) is 0 Å². The summed E-state index contributed by atoms with van der Waals surface area (Å²) in [4.78, 5) is 11.1. The Kier molecular flexibility index (Phi) is 2.74. The molecule has 0 unspecified atom stereocenters. The summed E-state index contributed by atoms with van der Waals surface area (Å²) in [5.74, 6) is 0. The first-order valence-corrected chi connectivity index (χ1v) is 5.53. The fraction of sp³-hybridized carbons (Fsp3) is 0. The van der Waals surface area contributed by atoms with Crippen molar-refractivity contribution in [1.82, 2.24) is 0 Å². The van der Waals surface area contributed by atoms with Crippen LogP contribution in [0.4, 0.5) is 0 Å². The summed E-state index contributed by atoms with van der Waals surface area (Å²) in [6, 6.07) is 11.4. The summed E-state index contributed by atoms with van der Waals surface area (Å²) >= 11 is 7.74. The van der Waals surface area contributed by atoms with Crippen molar-refractivity contribution >= 4 is 50.2 Å². The van der Waals surface area contributed by atoms with Crippen molar-refractivity contribution in [3.8, 4) is 0 Å². The monoisotopic (exact) mass is 316 g/mol. The number of hydrogen-bond donors (Lipinski definition) is 0. The van der Waals surface area contributed by atoms with Crippen molar-refractivity contribution in [2.24, 2.45) is 0 Å². The normalized spacial score (nSPS) is 10.4. The van der Waals surface area contributed by atoms with E-state index in [2.05, 4.69) is 22.6 Å². The lowest BCUT2D eigenvalue weighted by Gasteiger charge is -2.03. The molecule has 1 nitrogen and oxygen atoms in total. The zero-order valence-corrected chi connectivity index (χ0v) is 10.0. The molecule has 0 radical (unpaired) electrons. The number of fused-ring (bicyclic) bond motifs is 1. The molecule has 2 aromatic carbocycles. The minimum Gasteiger partial charge on any atom is -0.276 e. The van der Waals surface area contributed by atoms with Gasteiger partial charge in [-0.3, -0.25) is 4.79 Å². The summed E-state index contributed by atoms with van der Waals surface area (Å²) in [6.45, 7) is 0. The van der Waals surface area contributed by atoms with Crippen LogP contribution in [0.3, 0.4) is 0 Å². The van der Waals surface area contributed by atoms with Gasteiger partial charge in [-0.1, -0.05) is 24.3 Å². The van der Waals surface area contributed by atoms with E-state index in [1.807, 2.05) is 30.3 Å². The van der Waals surface area contributed by atoms with Gasteiger partial charge in [0.15, 0.2) is 0 Å². The minimum absolute atomic E-state index is 0.405.